The van der Waals surface area contributed by atoms with Gasteiger partial charge in [0.1, 0.15) is 0 Å². The van der Waals surface area contributed by atoms with Gasteiger partial charge in [-0.2, -0.15) is 0 Å². The van der Waals surface area contributed by atoms with Crippen molar-refractivity contribution >= 4 is 29.1 Å². The molecule has 5 heteroatoms. The van der Waals surface area contributed by atoms with Crippen molar-refractivity contribution in [2.45, 2.75) is 26.7 Å². The number of hydrogen-bond acceptors (Lipinski definition) is 2. The third-order valence-corrected chi connectivity index (χ3v) is 4.81. The summed E-state index contributed by atoms with van der Waals surface area (Å²) < 4.78 is 0. The molecular formula is C20H21ClN2O2. The Balaban J connectivity index is 1.78. The Bertz CT molecular complexity index is 826. The van der Waals surface area contributed by atoms with Crippen LogP contribution < -0.4 is 5.32 Å². The van der Waals surface area contributed by atoms with Gasteiger partial charge in [-0.1, -0.05) is 23.2 Å². The van der Waals surface area contributed by atoms with Crippen molar-refractivity contribution in [2.24, 2.45) is 0 Å². The Morgan fingerprint density at radius 1 is 1.04 bits per heavy atom. The molecule has 1 heterocycles. The van der Waals surface area contributed by atoms with Crippen molar-refractivity contribution in [3.63, 3.8) is 0 Å². The Kier molecular flexibility index (Phi) is 5.09. The standard InChI is InChI=1S/C20H21ClN2O2/c1-13-5-7-17(21)16(11-13)19(24)22-18-8-6-15(12-14(18)2)20(25)23-9-3-4-10-23/h5-8,11-12H,3-4,9-10H2,1-2H3,(H,22,24). The predicted octanol–water partition coefficient (Wildman–Crippen LogP) is 4.45. The monoisotopic (exact) mass is 356 g/mol. The molecular weight excluding hydrogens is 336 g/mol. The molecule has 0 aromatic heterocycles. The van der Waals surface area contributed by atoms with E-state index in [9.17, 15) is 9.59 Å². The van der Waals surface area contributed by atoms with Crippen LogP contribution in [0, 0.1) is 13.8 Å². The summed E-state index contributed by atoms with van der Waals surface area (Å²) in [6.45, 7) is 5.44. The quantitative estimate of drug-likeness (QED) is 0.883. The van der Waals surface area contributed by atoms with Crippen molar-refractivity contribution in [3.05, 3.63) is 63.7 Å². The first kappa shape index (κ1) is 17.5. The van der Waals surface area contributed by atoms with E-state index in [4.69, 9.17) is 11.6 Å². The highest BCUT2D eigenvalue weighted by Crippen LogP contribution is 2.22. The van der Waals surface area contributed by atoms with Gasteiger partial charge in [-0.05, 0) is 62.6 Å². The highest BCUT2D eigenvalue weighted by molar-refractivity contribution is 6.34. The second kappa shape index (κ2) is 7.28. The molecule has 25 heavy (non-hydrogen) atoms. The maximum atomic E-state index is 12.5. The first-order chi connectivity index (χ1) is 12.0. The van der Waals surface area contributed by atoms with Crippen LogP contribution in [0.1, 0.15) is 44.7 Å². The summed E-state index contributed by atoms with van der Waals surface area (Å²) in [4.78, 5) is 26.8. The number of hydrogen-bond donors (Lipinski definition) is 1. The van der Waals surface area contributed by atoms with Crippen LogP contribution in [-0.2, 0) is 0 Å². The van der Waals surface area contributed by atoms with Gasteiger partial charge in [0.05, 0.1) is 10.6 Å². The fraction of sp³-hybridized carbons (Fsp3) is 0.300. The molecule has 0 unspecified atom stereocenters. The molecule has 0 saturated carbocycles. The molecule has 2 aromatic carbocycles. The number of nitrogens with one attached hydrogen (secondary N) is 1. The number of benzene rings is 2. The Morgan fingerprint density at radius 3 is 2.44 bits per heavy atom. The Morgan fingerprint density at radius 2 is 1.76 bits per heavy atom. The van der Waals surface area contributed by atoms with Crippen LogP contribution in [0.2, 0.25) is 5.02 Å². The number of amides is 2. The summed E-state index contributed by atoms with van der Waals surface area (Å²) in [6.07, 6.45) is 2.13. The number of carbonyl (C=O) groups is 2. The predicted molar refractivity (Wildman–Crippen MR) is 100 cm³/mol. The van der Waals surface area contributed by atoms with Gasteiger partial charge < -0.3 is 10.2 Å². The molecule has 1 saturated heterocycles. The lowest BCUT2D eigenvalue weighted by Crippen LogP contribution is -2.27. The van der Waals surface area contributed by atoms with Crippen LogP contribution in [0.3, 0.4) is 0 Å². The third kappa shape index (κ3) is 3.85. The number of halogens is 1. The van der Waals surface area contributed by atoms with E-state index in [0.717, 1.165) is 37.1 Å². The normalized spacial score (nSPS) is 13.8. The summed E-state index contributed by atoms with van der Waals surface area (Å²) in [5, 5.41) is 3.30. The zero-order valence-electron chi connectivity index (χ0n) is 14.4. The lowest BCUT2D eigenvalue weighted by Gasteiger charge is -2.16. The van der Waals surface area contributed by atoms with Gasteiger partial charge in [-0.25, -0.2) is 0 Å². The van der Waals surface area contributed by atoms with E-state index < -0.39 is 0 Å². The van der Waals surface area contributed by atoms with E-state index in [2.05, 4.69) is 5.32 Å². The Labute approximate surface area is 152 Å². The van der Waals surface area contributed by atoms with Crippen LogP contribution in [0.15, 0.2) is 36.4 Å². The van der Waals surface area contributed by atoms with Gasteiger partial charge >= 0.3 is 0 Å². The van der Waals surface area contributed by atoms with Crippen molar-refractivity contribution in [2.75, 3.05) is 18.4 Å². The Hall–Kier alpha value is -2.33. The minimum absolute atomic E-state index is 0.0557. The zero-order valence-corrected chi connectivity index (χ0v) is 15.2. The second-order valence-electron chi connectivity index (χ2n) is 6.47. The highest BCUT2D eigenvalue weighted by atomic mass is 35.5. The highest BCUT2D eigenvalue weighted by Gasteiger charge is 2.20. The molecule has 0 bridgehead atoms. The molecule has 0 spiro atoms. The molecule has 1 fully saturated rings. The molecule has 1 aliphatic heterocycles. The number of rotatable bonds is 3. The van der Waals surface area contributed by atoms with Gasteiger partial charge in [0.25, 0.3) is 11.8 Å². The van der Waals surface area contributed by atoms with E-state index in [1.54, 1.807) is 24.3 Å². The average Bonchev–Trinajstić information content (AvgIpc) is 3.12. The second-order valence-corrected chi connectivity index (χ2v) is 6.87. The van der Waals surface area contributed by atoms with Gasteiger partial charge in [0.15, 0.2) is 0 Å². The molecule has 2 aromatic rings. The van der Waals surface area contributed by atoms with Crippen molar-refractivity contribution in [3.8, 4) is 0 Å². The van der Waals surface area contributed by atoms with Gasteiger partial charge in [0, 0.05) is 24.3 Å². The van der Waals surface area contributed by atoms with E-state index >= 15 is 0 Å². The molecule has 0 atom stereocenters. The molecule has 130 valence electrons. The van der Waals surface area contributed by atoms with Crippen molar-refractivity contribution in [1.82, 2.24) is 4.90 Å². The van der Waals surface area contributed by atoms with Crippen molar-refractivity contribution < 1.29 is 9.59 Å². The minimum Gasteiger partial charge on any atom is -0.339 e. The van der Waals surface area contributed by atoms with E-state index in [1.807, 2.05) is 30.9 Å². The molecule has 1 N–H and O–H groups in total. The molecule has 2 amide bonds. The maximum Gasteiger partial charge on any atom is 0.257 e. The largest absolute Gasteiger partial charge is 0.339 e. The fourth-order valence-corrected chi connectivity index (χ4v) is 3.25. The third-order valence-electron chi connectivity index (χ3n) is 4.48. The topological polar surface area (TPSA) is 49.4 Å². The summed E-state index contributed by atoms with van der Waals surface area (Å²) >= 11 is 6.13. The number of aryl methyl sites for hydroxylation is 2. The van der Waals surface area contributed by atoms with E-state index in [1.165, 1.54) is 0 Å². The van der Waals surface area contributed by atoms with Crippen molar-refractivity contribution in [1.29, 1.82) is 0 Å². The zero-order chi connectivity index (χ0) is 18.0. The number of anilines is 1. The summed E-state index contributed by atoms with van der Waals surface area (Å²) in [5.74, 6) is -0.198. The summed E-state index contributed by atoms with van der Waals surface area (Å²) in [5.41, 5.74) is 3.60. The van der Waals surface area contributed by atoms with Crippen LogP contribution >= 0.6 is 11.6 Å². The van der Waals surface area contributed by atoms with Crippen LogP contribution in [0.4, 0.5) is 5.69 Å². The molecule has 0 aliphatic carbocycles. The lowest BCUT2D eigenvalue weighted by atomic mass is 10.1. The number of nitrogens with zero attached hydrogens (tertiary/aromatic N) is 1. The average molecular weight is 357 g/mol. The van der Waals surface area contributed by atoms with Gasteiger partial charge in [-0.3, -0.25) is 9.59 Å². The smallest absolute Gasteiger partial charge is 0.257 e. The maximum absolute atomic E-state index is 12.5. The molecule has 0 radical (unpaired) electrons. The molecule has 1 aliphatic rings. The number of likely N-dealkylation sites (tertiary alicyclic amines) is 1. The van der Waals surface area contributed by atoms with Crippen LogP contribution in [0.5, 0.6) is 0 Å². The molecule has 3 rings (SSSR count). The van der Waals surface area contributed by atoms with Gasteiger partial charge in [0.2, 0.25) is 0 Å². The summed E-state index contributed by atoms with van der Waals surface area (Å²) in [6, 6.07) is 10.7. The fourth-order valence-electron chi connectivity index (χ4n) is 3.04. The van der Waals surface area contributed by atoms with E-state index in [0.29, 0.717) is 21.8 Å². The van der Waals surface area contributed by atoms with Crippen LogP contribution in [0.25, 0.3) is 0 Å². The first-order valence-corrected chi connectivity index (χ1v) is 8.81. The SMILES string of the molecule is Cc1ccc(Cl)c(C(=O)Nc2ccc(C(=O)N3CCCC3)cc2C)c1. The van der Waals surface area contributed by atoms with Gasteiger partial charge in [-0.15, -0.1) is 0 Å². The minimum atomic E-state index is -0.254. The van der Waals surface area contributed by atoms with E-state index in [-0.39, 0.29) is 11.8 Å². The number of carbonyl (C=O) groups excluding carboxylic acids is 2. The lowest BCUT2D eigenvalue weighted by molar-refractivity contribution is 0.0792. The summed E-state index contributed by atoms with van der Waals surface area (Å²) in [7, 11) is 0. The first-order valence-electron chi connectivity index (χ1n) is 8.43. The molecule has 4 nitrogen and oxygen atoms in total. The van der Waals surface area contributed by atoms with Crippen LogP contribution in [-0.4, -0.2) is 29.8 Å².